The fraction of sp³-hybridized carbons (Fsp3) is 0.520. The van der Waals surface area contributed by atoms with E-state index >= 15 is 0 Å². The van der Waals surface area contributed by atoms with Crippen LogP contribution in [0.3, 0.4) is 0 Å². The van der Waals surface area contributed by atoms with E-state index in [2.05, 4.69) is 110 Å². The third kappa shape index (κ3) is 5.37. The van der Waals surface area contributed by atoms with Crippen LogP contribution < -0.4 is 5.32 Å². The van der Waals surface area contributed by atoms with Crippen molar-refractivity contribution in [3.63, 3.8) is 0 Å². The van der Waals surface area contributed by atoms with Crippen LogP contribution in [0.25, 0.3) is 0 Å². The van der Waals surface area contributed by atoms with Gasteiger partial charge in [-0.2, -0.15) is 0 Å². The summed E-state index contributed by atoms with van der Waals surface area (Å²) in [5, 5.41) is 3.60. The molecule has 0 heterocycles. The Labute approximate surface area is 161 Å². The molecule has 0 radical (unpaired) electrons. The van der Waals surface area contributed by atoms with Crippen molar-refractivity contribution in [2.24, 2.45) is 0 Å². The highest BCUT2D eigenvalue weighted by Crippen LogP contribution is 2.31. The molecule has 0 aliphatic heterocycles. The van der Waals surface area contributed by atoms with Gasteiger partial charge in [-0.25, -0.2) is 0 Å². The van der Waals surface area contributed by atoms with Gasteiger partial charge < -0.3 is 5.32 Å². The van der Waals surface area contributed by atoms with Crippen LogP contribution in [-0.2, 0) is 22.8 Å². The lowest BCUT2D eigenvalue weighted by atomic mass is 9.79. The molecule has 2 aromatic carbocycles. The van der Waals surface area contributed by atoms with Crippen LogP contribution in [0.5, 0.6) is 0 Å². The fourth-order valence-corrected chi connectivity index (χ4v) is 2.95. The van der Waals surface area contributed by atoms with Crippen LogP contribution in [0.4, 0.5) is 5.69 Å². The second kappa shape index (κ2) is 7.10. The Balaban J connectivity index is 2.23. The highest BCUT2D eigenvalue weighted by molar-refractivity contribution is 5.47. The zero-order chi connectivity index (χ0) is 19.8. The minimum absolute atomic E-state index is 0.157. The number of benzene rings is 2. The number of nitrogens with one attached hydrogen (secondary N) is 1. The van der Waals surface area contributed by atoms with Crippen molar-refractivity contribution in [3.05, 3.63) is 64.7 Å². The molecular formula is C25H37N. The molecule has 0 spiro atoms. The summed E-state index contributed by atoms with van der Waals surface area (Å²) >= 11 is 0. The lowest BCUT2D eigenvalue weighted by Crippen LogP contribution is -2.17. The van der Waals surface area contributed by atoms with Gasteiger partial charge in [0, 0.05) is 12.2 Å². The Morgan fingerprint density at radius 1 is 0.577 bits per heavy atom. The molecule has 0 unspecified atom stereocenters. The number of rotatable bonds is 3. The third-order valence-corrected chi connectivity index (χ3v) is 4.97. The smallest absolute Gasteiger partial charge is 0.0400 e. The van der Waals surface area contributed by atoms with Crippen LogP contribution in [0.2, 0.25) is 0 Å². The average Bonchev–Trinajstić information content (AvgIpc) is 2.50. The summed E-state index contributed by atoms with van der Waals surface area (Å²) in [7, 11) is 0. The molecule has 0 aliphatic rings. The summed E-state index contributed by atoms with van der Waals surface area (Å²) in [5.41, 5.74) is 7.22. The minimum Gasteiger partial charge on any atom is -0.381 e. The van der Waals surface area contributed by atoms with Crippen LogP contribution >= 0.6 is 0 Å². The second-order valence-electron chi connectivity index (χ2n) is 10.6. The van der Waals surface area contributed by atoms with Gasteiger partial charge in [-0.05, 0) is 50.6 Å². The molecule has 142 valence electrons. The molecule has 0 bridgehead atoms. The van der Waals surface area contributed by atoms with Crippen LogP contribution in [-0.4, -0.2) is 0 Å². The Morgan fingerprint density at radius 2 is 1.00 bits per heavy atom. The zero-order valence-corrected chi connectivity index (χ0v) is 18.2. The predicted octanol–water partition coefficient (Wildman–Crippen LogP) is 7.19. The van der Waals surface area contributed by atoms with Gasteiger partial charge in [0.15, 0.2) is 0 Å². The average molecular weight is 352 g/mol. The first-order valence-electron chi connectivity index (χ1n) is 9.76. The monoisotopic (exact) mass is 351 g/mol. The molecule has 0 fully saturated rings. The third-order valence-electron chi connectivity index (χ3n) is 4.97. The molecule has 0 atom stereocenters. The highest BCUT2D eigenvalue weighted by Gasteiger charge is 2.20. The van der Waals surface area contributed by atoms with Gasteiger partial charge in [0.2, 0.25) is 0 Å². The quantitative estimate of drug-likeness (QED) is 0.617. The Bertz CT molecular complexity index is 699. The Hall–Kier alpha value is -1.76. The van der Waals surface area contributed by atoms with Crippen molar-refractivity contribution in [1.82, 2.24) is 0 Å². The summed E-state index contributed by atoms with van der Waals surface area (Å²) in [5.74, 6) is 0. The van der Waals surface area contributed by atoms with Crippen molar-refractivity contribution in [3.8, 4) is 0 Å². The number of hydrogen-bond donors (Lipinski definition) is 1. The predicted molar refractivity (Wildman–Crippen MR) is 116 cm³/mol. The van der Waals surface area contributed by atoms with E-state index in [-0.39, 0.29) is 16.2 Å². The molecule has 26 heavy (non-hydrogen) atoms. The summed E-state index contributed by atoms with van der Waals surface area (Å²) in [4.78, 5) is 0. The van der Waals surface area contributed by atoms with E-state index in [1.807, 2.05) is 0 Å². The maximum Gasteiger partial charge on any atom is 0.0400 e. The fourth-order valence-electron chi connectivity index (χ4n) is 2.95. The summed E-state index contributed by atoms with van der Waals surface area (Å²) in [6.45, 7) is 21.3. The van der Waals surface area contributed by atoms with E-state index in [9.17, 15) is 0 Å². The molecule has 0 saturated heterocycles. The second-order valence-corrected chi connectivity index (χ2v) is 10.6. The highest BCUT2D eigenvalue weighted by atomic mass is 14.9. The SMILES string of the molecule is CC(C)(C)c1ccc(NCc2cc(C(C)(C)C)cc(C(C)(C)C)c2)cc1. The van der Waals surface area contributed by atoms with Crippen LogP contribution in [0.1, 0.15) is 84.6 Å². The first kappa shape index (κ1) is 20.6. The molecule has 2 rings (SSSR count). The zero-order valence-electron chi connectivity index (χ0n) is 18.2. The summed E-state index contributed by atoms with van der Waals surface area (Å²) in [6, 6.07) is 15.9. The van der Waals surface area contributed by atoms with E-state index < -0.39 is 0 Å². The van der Waals surface area contributed by atoms with Crippen LogP contribution in [0, 0.1) is 0 Å². The standard InChI is InChI=1S/C25H37N/c1-23(2,3)19-10-12-22(13-11-19)26-17-18-14-20(24(4,5)6)16-21(15-18)25(7,8)9/h10-16,26H,17H2,1-9H3. The molecule has 0 aliphatic carbocycles. The van der Waals surface area contributed by atoms with Crippen LogP contribution in [0.15, 0.2) is 42.5 Å². The first-order valence-corrected chi connectivity index (χ1v) is 9.76. The maximum absolute atomic E-state index is 3.60. The van der Waals surface area contributed by atoms with E-state index in [1.54, 1.807) is 0 Å². The van der Waals surface area contributed by atoms with Crippen molar-refractivity contribution < 1.29 is 0 Å². The van der Waals surface area contributed by atoms with E-state index in [0.717, 1.165) is 6.54 Å². The Morgan fingerprint density at radius 3 is 1.38 bits per heavy atom. The molecule has 0 aromatic heterocycles. The normalized spacial score (nSPS) is 13.0. The van der Waals surface area contributed by atoms with Gasteiger partial charge in [-0.15, -0.1) is 0 Å². The van der Waals surface area contributed by atoms with Gasteiger partial charge in [0.25, 0.3) is 0 Å². The maximum atomic E-state index is 3.60. The Kier molecular flexibility index (Phi) is 5.61. The molecule has 1 nitrogen and oxygen atoms in total. The lowest BCUT2D eigenvalue weighted by molar-refractivity contribution is 0.567. The molecule has 2 aromatic rings. The summed E-state index contributed by atoms with van der Waals surface area (Å²) < 4.78 is 0. The van der Waals surface area contributed by atoms with E-state index in [0.29, 0.717) is 0 Å². The van der Waals surface area contributed by atoms with Gasteiger partial charge >= 0.3 is 0 Å². The van der Waals surface area contributed by atoms with Crippen molar-refractivity contribution >= 4 is 5.69 Å². The largest absolute Gasteiger partial charge is 0.381 e. The van der Waals surface area contributed by atoms with Gasteiger partial charge in [-0.3, -0.25) is 0 Å². The van der Waals surface area contributed by atoms with Gasteiger partial charge in [0.05, 0.1) is 0 Å². The number of hydrogen-bond acceptors (Lipinski definition) is 1. The van der Waals surface area contributed by atoms with Crippen molar-refractivity contribution in [1.29, 1.82) is 0 Å². The van der Waals surface area contributed by atoms with E-state index in [4.69, 9.17) is 0 Å². The minimum atomic E-state index is 0.157. The van der Waals surface area contributed by atoms with Gasteiger partial charge in [0.1, 0.15) is 0 Å². The lowest BCUT2D eigenvalue weighted by Gasteiger charge is -2.26. The molecular weight excluding hydrogens is 314 g/mol. The van der Waals surface area contributed by atoms with Crippen molar-refractivity contribution in [2.45, 2.75) is 85.1 Å². The summed E-state index contributed by atoms with van der Waals surface area (Å²) in [6.07, 6.45) is 0. The molecule has 0 amide bonds. The molecule has 0 saturated carbocycles. The van der Waals surface area contributed by atoms with Gasteiger partial charge in [-0.1, -0.05) is 92.6 Å². The number of anilines is 1. The first-order chi connectivity index (χ1) is 11.8. The topological polar surface area (TPSA) is 12.0 Å². The van der Waals surface area contributed by atoms with Crippen molar-refractivity contribution in [2.75, 3.05) is 5.32 Å². The molecule has 1 heteroatoms. The molecule has 1 N–H and O–H groups in total. The van der Waals surface area contributed by atoms with E-state index in [1.165, 1.54) is 27.9 Å².